The summed E-state index contributed by atoms with van der Waals surface area (Å²) in [6, 6.07) is 17.0. The third-order valence-corrected chi connectivity index (χ3v) is 4.37. The monoisotopic (exact) mass is 360 g/mol. The molecule has 0 bridgehead atoms. The van der Waals surface area contributed by atoms with Crippen LogP contribution in [-0.4, -0.2) is 30.9 Å². The molecular formula is C20H20N6O. The second kappa shape index (κ2) is 7.03. The minimum absolute atomic E-state index is 0.152. The first kappa shape index (κ1) is 17.0. The molecule has 27 heavy (non-hydrogen) atoms. The molecule has 136 valence electrons. The van der Waals surface area contributed by atoms with Crippen LogP contribution in [0.3, 0.4) is 0 Å². The molecule has 2 N–H and O–H groups in total. The van der Waals surface area contributed by atoms with Crippen LogP contribution in [0, 0.1) is 5.92 Å². The molecule has 1 unspecified atom stereocenters. The molecule has 0 saturated carbocycles. The normalized spacial score (nSPS) is 12.4. The Morgan fingerprint density at radius 1 is 1.07 bits per heavy atom. The molecule has 7 nitrogen and oxygen atoms in total. The van der Waals surface area contributed by atoms with Crippen LogP contribution >= 0.6 is 0 Å². The van der Waals surface area contributed by atoms with Gasteiger partial charge in [-0.3, -0.25) is 4.79 Å². The van der Waals surface area contributed by atoms with Crippen LogP contribution in [0.5, 0.6) is 0 Å². The summed E-state index contributed by atoms with van der Waals surface area (Å²) < 4.78 is 0. The molecule has 4 rings (SSSR count). The fourth-order valence-corrected chi connectivity index (χ4v) is 2.94. The molecule has 0 saturated heterocycles. The van der Waals surface area contributed by atoms with E-state index in [1.165, 1.54) is 11.0 Å². The van der Waals surface area contributed by atoms with Crippen molar-refractivity contribution in [2.75, 3.05) is 0 Å². The van der Waals surface area contributed by atoms with E-state index in [0.29, 0.717) is 0 Å². The molecule has 1 amide bonds. The number of aromatic nitrogens is 5. The average molecular weight is 360 g/mol. The van der Waals surface area contributed by atoms with E-state index in [1.807, 2.05) is 68.4 Å². The molecule has 0 radical (unpaired) electrons. The summed E-state index contributed by atoms with van der Waals surface area (Å²) in [5.41, 5.74) is 2.89. The van der Waals surface area contributed by atoms with E-state index in [-0.39, 0.29) is 23.6 Å². The smallest absolute Gasteiger partial charge is 0.274 e. The van der Waals surface area contributed by atoms with Crippen LogP contribution in [0.15, 0.2) is 60.8 Å². The van der Waals surface area contributed by atoms with Gasteiger partial charge in [0.15, 0.2) is 5.69 Å². The van der Waals surface area contributed by atoms with Gasteiger partial charge in [0.1, 0.15) is 5.82 Å². The highest BCUT2D eigenvalue weighted by molar-refractivity contribution is 5.92. The predicted octanol–water partition coefficient (Wildman–Crippen LogP) is 3.27. The molecule has 0 aliphatic rings. The zero-order chi connectivity index (χ0) is 18.8. The van der Waals surface area contributed by atoms with Gasteiger partial charge in [-0.05, 0) is 30.2 Å². The summed E-state index contributed by atoms with van der Waals surface area (Å²) in [4.78, 5) is 22.1. The minimum atomic E-state index is -0.281. The number of para-hydroxylation sites is 3. The summed E-state index contributed by atoms with van der Waals surface area (Å²) in [5, 5.41) is 11.5. The van der Waals surface area contributed by atoms with Gasteiger partial charge in [-0.15, -0.1) is 5.10 Å². The lowest BCUT2D eigenvalue weighted by Gasteiger charge is -2.19. The molecule has 0 aliphatic heterocycles. The standard InChI is InChI=1S/C20H20N6O/c1-13(2)18(19-22-15-10-6-7-11-16(15)23-19)24-20(27)17-12-21-26(25-17)14-8-4-3-5-9-14/h3-13,18H,1-2H3,(H,22,23)(H,24,27). The first-order chi connectivity index (χ1) is 13.1. The first-order valence-corrected chi connectivity index (χ1v) is 8.85. The van der Waals surface area contributed by atoms with Gasteiger partial charge in [0.25, 0.3) is 5.91 Å². The maximum Gasteiger partial charge on any atom is 0.274 e. The lowest BCUT2D eigenvalue weighted by atomic mass is 10.0. The van der Waals surface area contributed by atoms with Gasteiger partial charge in [0.05, 0.1) is 29.0 Å². The molecule has 2 aromatic heterocycles. The largest absolute Gasteiger partial charge is 0.340 e. The summed E-state index contributed by atoms with van der Waals surface area (Å²) in [6.07, 6.45) is 1.47. The number of benzene rings is 2. The fourth-order valence-electron chi connectivity index (χ4n) is 2.94. The van der Waals surface area contributed by atoms with Crippen molar-refractivity contribution in [3.05, 3.63) is 72.3 Å². The fraction of sp³-hybridized carbons (Fsp3) is 0.200. The molecule has 2 aromatic carbocycles. The molecular weight excluding hydrogens is 340 g/mol. The van der Waals surface area contributed by atoms with Gasteiger partial charge in [-0.1, -0.05) is 44.2 Å². The van der Waals surface area contributed by atoms with Crippen molar-refractivity contribution < 1.29 is 4.79 Å². The maximum atomic E-state index is 12.7. The zero-order valence-corrected chi connectivity index (χ0v) is 15.1. The van der Waals surface area contributed by atoms with Crippen LogP contribution < -0.4 is 5.32 Å². The summed E-state index contributed by atoms with van der Waals surface area (Å²) in [5.74, 6) is 0.602. The van der Waals surface area contributed by atoms with E-state index in [2.05, 4.69) is 25.5 Å². The average Bonchev–Trinajstić information content (AvgIpc) is 3.33. The third-order valence-electron chi connectivity index (χ3n) is 4.37. The predicted molar refractivity (Wildman–Crippen MR) is 102 cm³/mol. The number of imidazole rings is 1. The highest BCUT2D eigenvalue weighted by Gasteiger charge is 2.23. The van der Waals surface area contributed by atoms with Gasteiger partial charge in [0, 0.05) is 0 Å². The van der Waals surface area contributed by atoms with Crippen molar-refractivity contribution in [2.24, 2.45) is 5.92 Å². The van der Waals surface area contributed by atoms with Crippen molar-refractivity contribution in [1.29, 1.82) is 0 Å². The number of fused-ring (bicyclic) bond motifs is 1. The summed E-state index contributed by atoms with van der Waals surface area (Å²) >= 11 is 0. The number of hydrogen-bond donors (Lipinski definition) is 2. The van der Waals surface area contributed by atoms with E-state index >= 15 is 0 Å². The van der Waals surface area contributed by atoms with Crippen LogP contribution in [0.1, 0.15) is 36.2 Å². The number of H-pyrrole nitrogens is 1. The van der Waals surface area contributed by atoms with Crippen LogP contribution in [0.25, 0.3) is 16.7 Å². The Kier molecular flexibility index (Phi) is 4.42. The van der Waals surface area contributed by atoms with E-state index in [9.17, 15) is 4.79 Å². The number of nitrogens with zero attached hydrogens (tertiary/aromatic N) is 4. The Morgan fingerprint density at radius 3 is 2.56 bits per heavy atom. The molecule has 7 heteroatoms. The van der Waals surface area contributed by atoms with Gasteiger partial charge in [-0.25, -0.2) is 4.98 Å². The number of hydrogen-bond acceptors (Lipinski definition) is 4. The zero-order valence-electron chi connectivity index (χ0n) is 15.1. The van der Waals surface area contributed by atoms with E-state index in [4.69, 9.17) is 0 Å². The Morgan fingerprint density at radius 2 is 1.81 bits per heavy atom. The Hall–Kier alpha value is -3.48. The maximum absolute atomic E-state index is 12.7. The SMILES string of the molecule is CC(C)C(NC(=O)c1cnn(-c2ccccc2)n1)c1nc2ccccc2[nH]1. The first-order valence-electron chi connectivity index (χ1n) is 8.85. The van der Waals surface area contributed by atoms with Crippen molar-refractivity contribution in [1.82, 2.24) is 30.3 Å². The number of nitrogens with one attached hydrogen (secondary N) is 2. The third kappa shape index (κ3) is 3.44. The van der Waals surface area contributed by atoms with Gasteiger partial charge >= 0.3 is 0 Å². The highest BCUT2D eigenvalue weighted by atomic mass is 16.2. The second-order valence-corrected chi connectivity index (χ2v) is 6.69. The van der Waals surface area contributed by atoms with Crippen LogP contribution in [0.2, 0.25) is 0 Å². The quantitative estimate of drug-likeness (QED) is 0.572. The number of aromatic amines is 1. The summed E-state index contributed by atoms with van der Waals surface area (Å²) in [6.45, 7) is 4.08. The van der Waals surface area contributed by atoms with Crippen molar-refractivity contribution in [3.63, 3.8) is 0 Å². The Bertz CT molecular complexity index is 1030. The Labute approximate surface area is 156 Å². The highest BCUT2D eigenvalue weighted by Crippen LogP contribution is 2.22. The van der Waals surface area contributed by atoms with Crippen molar-refractivity contribution >= 4 is 16.9 Å². The van der Waals surface area contributed by atoms with E-state index in [0.717, 1.165) is 22.5 Å². The van der Waals surface area contributed by atoms with Gasteiger partial charge in [-0.2, -0.15) is 9.90 Å². The molecule has 4 aromatic rings. The topological polar surface area (TPSA) is 88.5 Å². The van der Waals surface area contributed by atoms with Crippen molar-refractivity contribution in [3.8, 4) is 5.69 Å². The number of carbonyl (C=O) groups excluding carboxylic acids is 1. The number of rotatable bonds is 5. The Balaban J connectivity index is 1.57. The molecule has 0 spiro atoms. The molecule has 2 heterocycles. The lowest BCUT2D eigenvalue weighted by molar-refractivity contribution is 0.0918. The molecule has 0 fully saturated rings. The van der Waals surface area contributed by atoms with E-state index in [1.54, 1.807) is 0 Å². The number of amides is 1. The lowest BCUT2D eigenvalue weighted by Crippen LogP contribution is -2.32. The summed E-state index contributed by atoms with van der Waals surface area (Å²) in [7, 11) is 0. The minimum Gasteiger partial charge on any atom is -0.340 e. The van der Waals surface area contributed by atoms with Crippen LogP contribution in [-0.2, 0) is 0 Å². The van der Waals surface area contributed by atoms with Gasteiger partial charge in [0.2, 0.25) is 0 Å². The van der Waals surface area contributed by atoms with Crippen molar-refractivity contribution in [2.45, 2.75) is 19.9 Å². The van der Waals surface area contributed by atoms with E-state index < -0.39 is 0 Å². The molecule has 1 atom stereocenters. The second-order valence-electron chi connectivity index (χ2n) is 6.69. The molecule has 0 aliphatic carbocycles. The number of carbonyl (C=O) groups is 1. The van der Waals surface area contributed by atoms with Crippen LogP contribution in [0.4, 0.5) is 0 Å². The van der Waals surface area contributed by atoms with Gasteiger partial charge < -0.3 is 10.3 Å².